The largest absolute Gasteiger partial charge is 0.356 e. The molecule has 0 radical (unpaired) electrons. The highest BCUT2D eigenvalue weighted by atomic mass is 19.1. The first-order chi connectivity index (χ1) is 13.0. The van der Waals surface area contributed by atoms with Crippen molar-refractivity contribution in [1.29, 1.82) is 0 Å². The van der Waals surface area contributed by atoms with Crippen molar-refractivity contribution in [2.24, 2.45) is 17.6 Å². The molecule has 3 N–H and O–H groups in total. The average Bonchev–Trinajstić information content (AvgIpc) is 3.12. The summed E-state index contributed by atoms with van der Waals surface area (Å²) in [6, 6.07) is 7.07. The van der Waals surface area contributed by atoms with E-state index < -0.39 is 0 Å². The average molecular weight is 372 g/mol. The molecule has 2 atom stereocenters. The molecule has 1 aliphatic heterocycles. The Morgan fingerprint density at radius 3 is 3.00 bits per heavy atom. The minimum atomic E-state index is -0.374. The van der Waals surface area contributed by atoms with Crippen LogP contribution in [0.1, 0.15) is 29.5 Å². The van der Waals surface area contributed by atoms with Gasteiger partial charge in [0.2, 0.25) is 0 Å². The van der Waals surface area contributed by atoms with Gasteiger partial charge in [0.05, 0.1) is 5.69 Å². The Kier molecular flexibility index (Phi) is 4.78. The highest BCUT2D eigenvalue weighted by Crippen LogP contribution is 2.30. The summed E-state index contributed by atoms with van der Waals surface area (Å²) >= 11 is 0. The lowest BCUT2D eigenvalue weighted by molar-refractivity contribution is 0.296. The molecule has 7 heteroatoms. The van der Waals surface area contributed by atoms with Crippen molar-refractivity contribution in [3.8, 4) is 11.4 Å². The summed E-state index contributed by atoms with van der Waals surface area (Å²) in [6.45, 7) is 6.08. The van der Waals surface area contributed by atoms with Gasteiger partial charge in [-0.2, -0.15) is 5.10 Å². The van der Waals surface area contributed by atoms with Crippen LogP contribution in [-0.4, -0.2) is 39.3 Å². The van der Waals surface area contributed by atoms with Gasteiger partial charge in [-0.25, -0.2) is 14.4 Å². The molecule has 1 saturated heterocycles. The number of piperidine rings is 1. The number of aromatic amines is 1. The maximum atomic E-state index is 14.6. The Hall–Kier alpha value is -2.54. The minimum absolute atomic E-state index is 0. The van der Waals surface area contributed by atoms with E-state index in [1.54, 1.807) is 12.3 Å². The van der Waals surface area contributed by atoms with Gasteiger partial charge in [-0.05, 0) is 48.9 Å². The summed E-state index contributed by atoms with van der Waals surface area (Å²) in [5.41, 5.74) is 7.79. The molecule has 0 amide bonds. The van der Waals surface area contributed by atoms with E-state index in [0.29, 0.717) is 23.2 Å². The van der Waals surface area contributed by atoms with Crippen LogP contribution in [0.15, 0.2) is 30.5 Å². The zero-order chi connectivity index (χ0) is 19.0. The maximum absolute atomic E-state index is 14.6. The SMILES string of the molecule is CC(C)C(N)[C@@H]1CCCN(c2ccc(F)c(-c3[nH]nc4ncccc34)n2)C1.[HH].[HH]. The van der Waals surface area contributed by atoms with Gasteiger partial charge in [0.1, 0.15) is 11.5 Å². The minimum Gasteiger partial charge on any atom is -0.356 e. The van der Waals surface area contributed by atoms with Gasteiger partial charge in [-0.15, -0.1) is 0 Å². The first-order valence-corrected chi connectivity index (χ1v) is 9.51. The Balaban J connectivity index is 0.00000150. The number of fused-ring (bicyclic) bond motifs is 1. The van der Waals surface area contributed by atoms with E-state index in [9.17, 15) is 4.39 Å². The van der Waals surface area contributed by atoms with Crippen molar-refractivity contribution in [1.82, 2.24) is 20.2 Å². The van der Waals surface area contributed by atoms with Gasteiger partial charge < -0.3 is 10.6 Å². The Labute approximate surface area is 161 Å². The highest BCUT2D eigenvalue weighted by Gasteiger charge is 2.28. The molecule has 3 aromatic heterocycles. The van der Waals surface area contributed by atoms with Crippen molar-refractivity contribution < 1.29 is 7.24 Å². The van der Waals surface area contributed by atoms with Crippen LogP contribution in [-0.2, 0) is 0 Å². The van der Waals surface area contributed by atoms with E-state index in [2.05, 4.69) is 38.9 Å². The van der Waals surface area contributed by atoms with Gasteiger partial charge in [-0.3, -0.25) is 5.10 Å². The predicted octanol–water partition coefficient (Wildman–Crippen LogP) is 3.85. The highest BCUT2D eigenvalue weighted by molar-refractivity contribution is 5.89. The quantitative estimate of drug-likeness (QED) is 0.727. The fraction of sp³-hybridized carbons (Fsp3) is 0.450. The van der Waals surface area contributed by atoms with Gasteiger partial charge >= 0.3 is 0 Å². The summed E-state index contributed by atoms with van der Waals surface area (Å²) in [5, 5.41) is 7.81. The molecule has 27 heavy (non-hydrogen) atoms. The number of hydrogen-bond donors (Lipinski definition) is 2. The van der Waals surface area contributed by atoms with Crippen LogP contribution in [0.25, 0.3) is 22.4 Å². The van der Waals surface area contributed by atoms with Crippen LogP contribution in [0.3, 0.4) is 0 Å². The summed E-state index contributed by atoms with van der Waals surface area (Å²) < 4.78 is 14.6. The summed E-state index contributed by atoms with van der Waals surface area (Å²) in [4.78, 5) is 11.1. The lowest BCUT2D eigenvalue weighted by atomic mass is 9.85. The molecule has 0 bridgehead atoms. The Morgan fingerprint density at radius 1 is 1.33 bits per heavy atom. The molecule has 6 nitrogen and oxygen atoms in total. The molecule has 1 unspecified atom stereocenters. The van der Waals surface area contributed by atoms with Gasteiger partial charge in [-0.1, -0.05) is 13.8 Å². The van der Waals surface area contributed by atoms with E-state index in [1.165, 1.54) is 6.07 Å². The van der Waals surface area contributed by atoms with Crippen molar-refractivity contribution in [2.45, 2.75) is 32.7 Å². The second-order valence-electron chi connectivity index (χ2n) is 7.64. The molecular weight excluding hydrogens is 343 g/mol. The molecule has 0 aromatic carbocycles. The number of hydrogen-bond acceptors (Lipinski definition) is 5. The summed E-state index contributed by atoms with van der Waals surface area (Å²) in [6.07, 6.45) is 3.86. The number of anilines is 1. The third kappa shape index (κ3) is 3.39. The second kappa shape index (κ2) is 7.23. The van der Waals surface area contributed by atoms with E-state index in [-0.39, 0.29) is 20.4 Å². The van der Waals surface area contributed by atoms with Gasteiger partial charge in [0.15, 0.2) is 11.5 Å². The number of aromatic nitrogens is 4. The number of nitrogens with one attached hydrogen (secondary N) is 1. The molecule has 0 aliphatic carbocycles. The third-order valence-electron chi connectivity index (χ3n) is 5.49. The van der Waals surface area contributed by atoms with Crippen molar-refractivity contribution in [3.05, 3.63) is 36.3 Å². The van der Waals surface area contributed by atoms with Crippen molar-refractivity contribution >= 4 is 16.9 Å². The number of pyridine rings is 2. The lowest BCUT2D eigenvalue weighted by Crippen LogP contribution is -2.46. The van der Waals surface area contributed by atoms with Crippen LogP contribution in [0.2, 0.25) is 0 Å². The lowest BCUT2D eigenvalue weighted by Gasteiger charge is -2.37. The van der Waals surface area contributed by atoms with E-state index in [1.807, 2.05) is 12.1 Å². The van der Waals surface area contributed by atoms with Crippen LogP contribution in [0.5, 0.6) is 0 Å². The molecule has 146 valence electrons. The molecular formula is C20H29FN6. The van der Waals surface area contributed by atoms with Crippen LogP contribution in [0.4, 0.5) is 10.2 Å². The number of halogens is 1. The number of H-pyrrole nitrogens is 1. The topological polar surface area (TPSA) is 83.7 Å². The number of nitrogens with two attached hydrogens (primary N) is 1. The molecule has 0 spiro atoms. The number of rotatable bonds is 4. The smallest absolute Gasteiger partial charge is 0.181 e. The molecule has 1 fully saturated rings. The molecule has 3 aromatic rings. The van der Waals surface area contributed by atoms with Gasteiger partial charge in [0, 0.05) is 33.6 Å². The fourth-order valence-corrected chi connectivity index (χ4v) is 3.89. The third-order valence-corrected chi connectivity index (χ3v) is 5.49. The van der Waals surface area contributed by atoms with Crippen LogP contribution < -0.4 is 10.6 Å². The van der Waals surface area contributed by atoms with E-state index >= 15 is 0 Å². The van der Waals surface area contributed by atoms with Crippen LogP contribution >= 0.6 is 0 Å². The zero-order valence-electron chi connectivity index (χ0n) is 15.7. The molecule has 4 rings (SSSR count). The van der Waals surface area contributed by atoms with E-state index in [4.69, 9.17) is 5.73 Å². The van der Waals surface area contributed by atoms with Gasteiger partial charge in [0.25, 0.3) is 0 Å². The van der Waals surface area contributed by atoms with E-state index in [0.717, 1.165) is 37.1 Å². The molecule has 0 saturated carbocycles. The predicted molar refractivity (Wildman–Crippen MR) is 109 cm³/mol. The Bertz CT molecular complexity index is 948. The Morgan fingerprint density at radius 2 is 2.19 bits per heavy atom. The molecule has 1 aliphatic rings. The second-order valence-corrected chi connectivity index (χ2v) is 7.64. The standard InChI is InChI=1S/C20H25FN6.2H2/c1-12(2)17(22)13-5-4-10-27(11-13)16-8-7-15(21)19(24-16)18-14-6-3-9-23-20(14)26-25-18;;/h3,6-9,12-13,17H,4-5,10-11,22H2,1-2H3,(H,23,25,26);2*1H/t13-,17?;;/m1../s1. The summed E-state index contributed by atoms with van der Waals surface area (Å²) in [7, 11) is 0. The maximum Gasteiger partial charge on any atom is 0.181 e. The van der Waals surface area contributed by atoms with Crippen LogP contribution in [0, 0.1) is 17.7 Å². The van der Waals surface area contributed by atoms with Crippen molar-refractivity contribution in [3.63, 3.8) is 0 Å². The first-order valence-electron chi connectivity index (χ1n) is 9.51. The summed E-state index contributed by atoms with van der Waals surface area (Å²) in [5.74, 6) is 1.26. The monoisotopic (exact) mass is 372 g/mol. The molecule has 4 heterocycles. The number of nitrogens with zero attached hydrogens (tertiary/aromatic N) is 4. The van der Waals surface area contributed by atoms with Crippen molar-refractivity contribution in [2.75, 3.05) is 18.0 Å². The fourth-order valence-electron chi connectivity index (χ4n) is 3.89. The first kappa shape index (κ1) is 17.9. The zero-order valence-corrected chi connectivity index (χ0v) is 15.7. The normalized spacial score (nSPS) is 19.0.